The monoisotopic (exact) mass is 306 g/mol. The van der Waals surface area contributed by atoms with Gasteiger partial charge in [0.15, 0.2) is 5.78 Å². The second-order valence-electron chi connectivity index (χ2n) is 3.99. The Morgan fingerprint density at radius 2 is 2.20 bits per heavy atom. The Labute approximate surface area is 105 Å². The number of hydrogen-bond donors (Lipinski definition) is 0. The number of halogens is 2. The molecule has 0 aromatic carbocycles. The van der Waals surface area contributed by atoms with Gasteiger partial charge in [-0.1, -0.05) is 11.6 Å². The molecule has 2 fully saturated rings. The normalized spacial score (nSPS) is 32.8. The van der Waals surface area contributed by atoms with Gasteiger partial charge in [0.2, 0.25) is 0 Å². The molecule has 0 radical (unpaired) electrons. The van der Waals surface area contributed by atoms with Crippen molar-refractivity contribution in [3.63, 3.8) is 0 Å². The summed E-state index contributed by atoms with van der Waals surface area (Å²) in [6.07, 6.45) is 0. The number of fused-ring (bicyclic) bond motifs is 1. The Morgan fingerprint density at radius 1 is 1.53 bits per heavy atom. The first kappa shape index (κ1) is 10.3. The molecule has 1 saturated heterocycles. The van der Waals surface area contributed by atoms with Gasteiger partial charge in [0.05, 0.1) is 18.1 Å². The number of ketones is 1. The molecule has 1 aromatic rings. The van der Waals surface area contributed by atoms with Crippen LogP contribution in [0.2, 0.25) is 4.34 Å². The lowest BCUT2D eigenvalue weighted by atomic mass is 10.1. The van der Waals surface area contributed by atoms with E-state index >= 15 is 0 Å². The zero-order valence-corrected chi connectivity index (χ0v) is 10.9. The summed E-state index contributed by atoms with van der Waals surface area (Å²) in [5.74, 6) is 1.38. The lowest BCUT2D eigenvalue weighted by Gasteiger charge is -2.00. The highest BCUT2D eigenvalue weighted by atomic mass is 79.9. The molecule has 3 rings (SSSR count). The number of thiophene rings is 1. The van der Waals surface area contributed by atoms with Crippen molar-refractivity contribution in [2.24, 2.45) is 17.8 Å². The molecule has 5 heteroatoms. The zero-order chi connectivity index (χ0) is 10.6. The number of ether oxygens (including phenoxy) is 1. The Hall–Kier alpha value is 0.1000. The predicted octanol–water partition coefficient (Wildman–Crippen LogP) is 3.24. The predicted molar refractivity (Wildman–Crippen MR) is 62.6 cm³/mol. The average Bonchev–Trinajstić information content (AvgIpc) is 2.59. The van der Waals surface area contributed by atoms with Crippen LogP contribution in [-0.4, -0.2) is 19.0 Å². The molecule has 2 aliphatic rings. The first-order valence-corrected chi connectivity index (χ1v) is 6.74. The van der Waals surface area contributed by atoms with Gasteiger partial charge in [-0.05, 0) is 33.8 Å². The molecule has 2 nitrogen and oxygen atoms in total. The Balaban J connectivity index is 1.81. The first-order valence-electron chi connectivity index (χ1n) is 4.75. The number of carbonyl (C=O) groups is 1. The van der Waals surface area contributed by atoms with E-state index in [-0.39, 0.29) is 11.7 Å². The van der Waals surface area contributed by atoms with Crippen molar-refractivity contribution in [2.75, 3.05) is 13.2 Å². The molecule has 80 valence electrons. The van der Waals surface area contributed by atoms with Crippen molar-refractivity contribution in [1.82, 2.24) is 0 Å². The minimum atomic E-state index is 0.195. The van der Waals surface area contributed by atoms with Crippen LogP contribution < -0.4 is 0 Å². The van der Waals surface area contributed by atoms with E-state index in [1.165, 1.54) is 11.3 Å². The number of rotatable bonds is 2. The quantitative estimate of drug-likeness (QED) is 0.784. The molecule has 2 unspecified atom stereocenters. The Morgan fingerprint density at radius 3 is 2.73 bits per heavy atom. The molecule has 0 N–H and O–H groups in total. The highest BCUT2D eigenvalue weighted by molar-refractivity contribution is 9.10. The third-order valence-corrected chi connectivity index (χ3v) is 5.63. The molecule has 1 aliphatic heterocycles. The van der Waals surface area contributed by atoms with Gasteiger partial charge in [0.1, 0.15) is 4.34 Å². The lowest BCUT2D eigenvalue weighted by Crippen LogP contribution is -2.08. The fourth-order valence-electron chi connectivity index (χ4n) is 2.26. The number of hydrogen-bond acceptors (Lipinski definition) is 3. The summed E-state index contributed by atoms with van der Waals surface area (Å²) in [6.45, 7) is 1.50. The van der Waals surface area contributed by atoms with E-state index in [1.54, 1.807) is 0 Å². The van der Waals surface area contributed by atoms with Crippen molar-refractivity contribution in [1.29, 1.82) is 0 Å². The van der Waals surface area contributed by atoms with Crippen molar-refractivity contribution < 1.29 is 9.53 Å². The van der Waals surface area contributed by atoms with Crippen LogP contribution in [0, 0.1) is 17.8 Å². The average molecular weight is 308 g/mol. The maximum absolute atomic E-state index is 12.1. The van der Waals surface area contributed by atoms with Crippen molar-refractivity contribution in [3.8, 4) is 0 Å². The summed E-state index contributed by atoms with van der Waals surface area (Å²) in [5.41, 5.74) is 0. The van der Waals surface area contributed by atoms with E-state index in [4.69, 9.17) is 16.3 Å². The fraction of sp³-hybridized carbons (Fsp3) is 0.500. The Kier molecular flexibility index (Phi) is 2.43. The van der Waals surface area contributed by atoms with E-state index in [1.807, 2.05) is 6.07 Å². The van der Waals surface area contributed by atoms with E-state index in [2.05, 4.69) is 15.9 Å². The van der Waals surface area contributed by atoms with Gasteiger partial charge in [0.25, 0.3) is 0 Å². The van der Waals surface area contributed by atoms with Gasteiger partial charge in [-0.15, -0.1) is 11.3 Å². The third-order valence-electron chi connectivity index (χ3n) is 3.14. The van der Waals surface area contributed by atoms with Crippen LogP contribution in [0.15, 0.2) is 10.5 Å². The molecule has 2 atom stereocenters. The topological polar surface area (TPSA) is 26.3 Å². The lowest BCUT2D eigenvalue weighted by molar-refractivity contribution is 0.0897. The van der Waals surface area contributed by atoms with Gasteiger partial charge >= 0.3 is 0 Å². The number of carbonyl (C=O) groups excluding carboxylic acids is 1. The zero-order valence-electron chi connectivity index (χ0n) is 7.70. The summed E-state index contributed by atoms with van der Waals surface area (Å²) < 4.78 is 6.74. The molecule has 2 heterocycles. The second-order valence-corrected chi connectivity index (χ2v) is 6.50. The smallest absolute Gasteiger partial charge is 0.176 e. The third kappa shape index (κ3) is 1.58. The van der Waals surface area contributed by atoms with Crippen LogP contribution >= 0.6 is 38.9 Å². The minimum absolute atomic E-state index is 0.195. The summed E-state index contributed by atoms with van der Waals surface area (Å²) in [4.78, 5) is 12.8. The van der Waals surface area contributed by atoms with Gasteiger partial charge in [-0.25, -0.2) is 0 Å². The van der Waals surface area contributed by atoms with Gasteiger partial charge < -0.3 is 4.74 Å². The molecular weight excluding hydrogens is 300 g/mol. The van der Waals surface area contributed by atoms with Crippen LogP contribution in [0.3, 0.4) is 0 Å². The van der Waals surface area contributed by atoms with Gasteiger partial charge in [-0.3, -0.25) is 4.79 Å². The van der Waals surface area contributed by atoms with Crippen LogP contribution in [0.1, 0.15) is 9.67 Å². The molecule has 0 spiro atoms. The SMILES string of the molecule is O=C(c1cc(Br)c(Cl)s1)C1C2COCC21. The fourth-order valence-corrected chi connectivity index (χ4v) is 3.95. The van der Waals surface area contributed by atoms with Crippen LogP contribution in [0.25, 0.3) is 0 Å². The Bertz CT molecular complexity index is 402. The standard InChI is InChI=1S/C10H8BrClO2S/c11-6-1-7(15-10(6)12)9(13)8-4-2-14-3-5(4)8/h1,4-5,8H,2-3H2. The summed E-state index contributed by atoms with van der Waals surface area (Å²) in [5, 5.41) is 0. The van der Waals surface area contributed by atoms with Crippen LogP contribution in [-0.2, 0) is 4.74 Å². The highest BCUT2D eigenvalue weighted by Crippen LogP contribution is 2.53. The molecule has 1 saturated carbocycles. The molecular formula is C10H8BrClO2S. The largest absolute Gasteiger partial charge is 0.381 e. The van der Waals surface area contributed by atoms with Gasteiger partial charge in [-0.2, -0.15) is 0 Å². The van der Waals surface area contributed by atoms with Crippen LogP contribution in [0.4, 0.5) is 0 Å². The molecule has 0 bridgehead atoms. The summed E-state index contributed by atoms with van der Waals surface area (Å²) in [6, 6.07) is 1.82. The maximum Gasteiger partial charge on any atom is 0.176 e. The number of Topliss-reactive ketones (excluding diaryl/α,β-unsaturated/α-hetero) is 1. The van der Waals surface area contributed by atoms with E-state index in [0.29, 0.717) is 16.2 Å². The summed E-state index contributed by atoms with van der Waals surface area (Å²) in [7, 11) is 0. The van der Waals surface area contributed by atoms with Crippen molar-refractivity contribution in [2.45, 2.75) is 0 Å². The maximum atomic E-state index is 12.1. The molecule has 0 amide bonds. The van der Waals surface area contributed by atoms with Crippen molar-refractivity contribution in [3.05, 3.63) is 19.8 Å². The second kappa shape index (κ2) is 3.55. The molecule has 1 aromatic heterocycles. The molecule has 15 heavy (non-hydrogen) atoms. The van der Waals surface area contributed by atoms with E-state index < -0.39 is 0 Å². The molecule has 1 aliphatic carbocycles. The van der Waals surface area contributed by atoms with Crippen LogP contribution in [0.5, 0.6) is 0 Å². The summed E-state index contributed by atoms with van der Waals surface area (Å²) >= 11 is 10.6. The van der Waals surface area contributed by atoms with E-state index in [0.717, 1.165) is 22.6 Å². The van der Waals surface area contributed by atoms with Crippen molar-refractivity contribution >= 4 is 44.7 Å². The van der Waals surface area contributed by atoms with E-state index in [9.17, 15) is 4.79 Å². The van der Waals surface area contributed by atoms with Gasteiger partial charge in [0, 0.05) is 10.4 Å². The first-order chi connectivity index (χ1) is 7.18. The minimum Gasteiger partial charge on any atom is -0.381 e. The highest BCUT2D eigenvalue weighted by Gasteiger charge is 2.58.